The summed E-state index contributed by atoms with van der Waals surface area (Å²) in [4.78, 5) is 29.8. The van der Waals surface area contributed by atoms with Gasteiger partial charge in [0.15, 0.2) is 0 Å². The zero-order valence-electron chi connectivity index (χ0n) is 19.4. The summed E-state index contributed by atoms with van der Waals surface area (Å²) < 4.78 is 7.58. The molecule has 0 fully saturated rings. The molecule has 0 aliphatic rings. The molecule has 2 aromatic heterocycles. The highest BCUT2D eigenvalue weighted by Gasteiger charge is 2.26. The van der Waals surface area contributed by atoms with Crippen LogP contribution in [0.5, 0.6) is 0 Å². The number of aromatic nitrogens is 2. The van der Waals surface area contributed by atoms with Crippen molar-refractivity contribution in [2.75, 3.05) is 0 Å². The SMILES string of the molecule is CC(C)n1cc(CC(NC(=O)OC(C)(C)C)C(=O)NCc2ccccn2)c2ccccc21. The zero-order chi connectivity index (χ0) is 23.3. The lowest BCUT2D eigenvalue weighted by atomic mass is 10.0. The second-order valence-corrected chi connectivity index (χ2v) is 9.11. The van der Waals surface area contributed by atoms with Crippen molar-refractivity contribution in [2.45, 2.75) is 65.3 Å². The van der Waals surface area contributed by atoms with Gasteiger partial charge in [-0.2, -0.15) is 0 Å². The normalized spacial score (nSPS) is 12.6. The van der Waals surface area contributed by atoms with Gasteiger partial charge in [0.05, 0.1) is 12.2 Å². The van der Waals surface area contributed by atoms with Crippen LogP contribution in [-0.2, 0) is 22.5 Å². The molecule has 0 saturated heterocycles. The fourth-order valence-electron chi connectivity index (χ4n) is 3.55. The second kappa shape index (κ2) is 9.85. The number of ether oxygens (including phenoxy) is 1. The molecule has 7 heteroatoms. The monoisotopic (exact) mass is 436 g/mol. The van der Waals surface area contributed by atoms with E-state index in [9.17, 15) is 9.59 Å². The van der Waals surface area contributed by atoms with Gasteiger partial charge in [-0.1, -0.05) is 24.3 Å². The molecule has 1 aromatic carbocycles. The van der Waals surface area contributed by atoms with E-state index >= 15 is 0 Å². The lowest BCUT2D eigenvalue weighted by Gasteiger charge is -2.23. The molecule has 3 rings (SSSR count). The molecule has 0 aliphatic carbocycles. The number of carbonyl (C=O) groups excluding carboxylic acids is 2. The van der Waals surface area contributed by atoms with E-state index in [1.807, 2.05) is 36.4 Å². The van der Waals surface area contributed by atoms with Gasteiger partial charge in [-0.3, -0.25) is 9.78 Å². The average molecular weight is 437 g/mol. The Morgan fingerprint density at radius 3 is 2.47 bits per heavy atom. The molecule has 0 radical (unpaired) electrons. The van der Waals surface area contributed by atoms with Crippen LogP contribution in [0.1, 0.15) is 51.9 Å². The van der Waals surface area contributed by atoms with E-state index in [1.165, 1.54) is 0 Å². The van der Waals surface area contributed by atoms with Gasteiger partial charge in [0.2, 0.25) is 5.91 Å². The Morgan fingerprint density at radius 2 is 1.81 bits per heavy atom. The summed E-state index contributed by atoms with van der Waals surface area (Å²) in [6.45, 7) is 9.88. The Labute approximate surface area is 189 Å². The first kappa shape index (κ1) is 23.3. The summed E-state index contributed by atoms with van der Waals surface area (Å²) in [7, 11) is 0. The van der Waals surface area contributed by atoms with Crippen LogP contribution < -0.4 is 10.6 Å². The molecule has 3 aromatic rings. The summed E-state index contributed by atoms with van der Waals surface area (Å²) >= 11 is 0. The third kappa shape index (κ3) is 6.09. The quantitative estimate of drug-likeness (QED) is 0.576. The van der Waals surface area contributed by atoms with Crippen LogP contribution in [0, 0.1) is 0 Å². The molecule has 1 atom stereocenters. The Morgan fingerprint density at radius 1 is 1.09 bits per heavy atom. The topological polar surface area (TPSA) is 85.2 Å². The van der Waals surface area contributed by atoms with Gasteiger partial charge in [0.25, 0.3) is 0 Å². The van der Waals surface area contributed by atoms with Gasteiger partial charge in [0, 0.05) is 35.8 Å². The van der Waals surface area contributed by atoms with Crippen molar-refractivity contribution in [2.24, 2.45) is 0 Å². The molecule has 0 bridgehead atoms. The number of alkyl carbamates (subject to hydrolysis) is 1. The van der Waals surface area contributed by atoms with Gasteiger partial charge < -0.3 is 19.9 Å². The van der Waals surface area contributed by atoms with E-state index in [0.29, 0.717) is 6.42 Å². The number of nitrogens with zero attached hydrogens (tertiary/aromatic N) is 2. The molecule has 32 heavy (non-hydrogen) atoms. The number of carbonyl (C=O) groups is 2. The van der Waals surface area contributed by atoms with Gasteiger partial charge in [-0.25, -0.2) is 4.79 Å². The summed E-state index contributed by atoms with van der Waals surface area (Å²) in [5.74, 6) is -0.289. The van der Waals surface area contributed by atoms with Gasteiger partial charge in [-0.15, -0.1) is 0 Å². The fourth-order valence-corrected chi connectivity index (χ4v) is 3.55. The number of hydrogen-bond acceptors (Lipinski definition) is 4. The molecule has 170 valence electrons. The number of amides is 2. The molecule has 1 unspecified atom stereocenters. The van der Waals surface area contributed by atoms with Crippen molar-refractivity contribution in [3.05, 3.63) is 66.1 Å². The zero-order valence-corrected chi connectivity index (χ0v) is 19.4. The van der Waals surface area contributed by atoms with Crippen LogP contribution in [-0.4, -0.2) is 33.2 Å². The standard InChI is InChI=1S/C25H32N4O3/c1-17(2)29-16-18(20-11-6-7-12-22(20)29)14-21(28-24(31)32-25(3,4)5)23(30)27-15-19-10-8-9-13-26-19/h6-13,16-17,21H,14-15H2,1-5H3,(H,27,30)(H,28,31). The number of rotatable bonds is 7. The predicted octanol–water partition coefficient (Wildman–Crippen LogP) is 4.37. The molecule has 0 spiro atoms. The van der Waals surface area contributed by atoms with Crippen LogP contribution in [0.15, 0.2) is 54.9 Å². The largest absolute Gasteiger partial charge is 0.444 e. The van der Waals surface area contributed by atoms with E-state index in [1.54, 1.807) is 27.0 Å². The maximum absolute atomic E-state index is 13.1. The van der Waals surface area contributed by atoms with Crippen LogP contribution in [0.4, 0.5) is 4.79 Å². The first-order valence-electron chi connectivity index (χ1n) is 10.9. The highest BCUT2D eigenvalue weighted by Crippen LogP contribution is 2.25. The minimum Gasteiger partial charge on any atom is -0.444 e. The van der Waals surface area contributed by atoms with Crippen LogP contribution >= 0.6 is 0 Å². The van der Waals surface area contributed by atoms with E-state index in [4.69, 9.17) is 4.74 Å². The third-order valence-corrected chi connectivity index (χ3v) is 4.98. The Kier molecular flexibility index (Phi) is 7.18. The number of fused-ring (bicyclic) bond motifs is 1. The minimum atomic E-state index is -0.792. The summed E-state index contributed by atoms with van der Waals surface area (Å²) in [6, 6.07) is 13.1. The number of benzene rings is 1. The Hall–Kier alpha value is -3.35. The molecular formula is C25H32N4O3. The molecule has 0 saturated carbocycles. The lowest BCUT2D eigenvalue weighted by Crippen LogP contribution is -2.49. The summed E-state index contributed by atoms with van der Waals surface area (Å²) in [6.07, 6.45) is 3.46. The lowest BCUT2D eigenvalue weighted by molar-refractivity contribution is -0.123. The van der Waals surface area contributed by atoms with Crippen molar-refractivity contribution in [1.82, 2.24) is 20.2 Å². The maximum atomic E-state index is 13.1. The van der Waals surface area contributed by atoms with Crippen LogP contribution in [0.3, 0.4) is 0 Å². The predicted molar refractivity (Wildman–Crippen MR) is 125 cm³/mol. The van der Waals surface area contributed by atoms with Crippen molar-refractivity contribution >= 4 is 22.9 Å². The van der Waals surface area contributed by atoms with E-state index in [-0.39, 0.29) is 18.5 Å². The average Bonchev–Trinajstić information content (AvgIpc) is 3.10. The molecule has 7 nitrogen and oxygen atoms in total. The highest BCUT2D eigenvalue weighted by molar-refractivity contribution is 5.88. The van der Waals surface area contributed by atoms with Crippen molar-refractivity contribution in [3.63, 3.8) is 0 Å². The van der Waals surface area contributed by atoms with Gasteiger partial charge in [0.1, 0.15) is 11.6 Å². The maximum Gasteiger partial charge on any atom is 0.408 e. The first-order valence-corrected chi connectivity index (χ1v) is 10.9. The molecule has 0 aliphatic heterocycles. The molecule has 2 N–H and O–H groups in total. The number of nitrogens with one attached hydrogen (secondary N) is 2. The molecular weight excluding hydrogens is 404 g/mol. The number of hydrogen-bond donors (Lipinski definition) is 2. The Balaban J connectivity index is 1.84. The van der Waals surface area contributed by atoms with Crippen LogP contribution in [0.2, 0.25) is 0 Å². The molecule has 2 amide bonds. The van der Waals surface area contributed by atoms with Crippen LogP contribution in [0.25, 0.3) is 10.9 Å². The van der Waals surface area contributed by atoms with Crippen molar-refractivity contribution in [1.29, 1.82) is 0 Å². The van der Waals surface area contributed by atoms with Crippen molar-refractivity contribution in [3.8, 4) is 0 Å². The highest BCUT2D eigenvalue weighted by atomic mass is 16.6. The fraction of sp³-hybridized carbons (Fsp3) is 0.400. The summed E-state index contributed by atoms with van der Waals surface area (Å²) in [5.41, 5.74) is 2.17. The third-order valence-electron chi connectivity index (χ3n) is 4.98. The smallest absolute Gasteiger partial charge is 0.408 e. The number of pyridine rings is 1. The summed E-state index contributed by atoms with van der Waals surface area (Å²) in [5, 5.41) is 6.71. The number of para-hydroxylation sites is 1. The Bertz CT molecular complexity index is 1070. The van der Waals surface area contributed by atoms with E-state index < -0.39 is 17.7 Å². The molecule has 2 heterocycles. The second-order valence-electron chi connectivity index (χ2n) is 9.11. The van der Waals surface area contributed by atoms with Crippen molar-refractivity contribution < 1.29 is 14.3 Å². The first-order chi connectivity index (χ1) is 15.1. The van der Waals surface area contributed by atoms with E-state index in [0.717, 1.165) is 22.2 Å². The van der Waals surface area contributed by atoms with E-state index in [2.05, 4.69) is 46.3 Å². The van der Waals surface area contributed by atoms with Gasteiger partial charge in [-0.05, 0) is 58.4 Å². The van der Waals surface area contributed by atoms with Gasteiger partial charge >= 0.3 is 6.09 Å². The minimum absolute atomic E-state index is 0.267.